The molecule has 6 aromatic rings. The zero-order valence-corrected chi connectivity index (χ0v) is 22.7. The zero-order valence-electron chi connectivity index (χ0n) is 22.7. The van der Waals surface area contributed by atoms with Crippen LogP contribution in [0, 0.1) is 0 Å². The van der Waals surface area contributed by atoms with Crippen LogP contribution < -0.4 is 16.0 Å². The van der Waals surface area contributed by atoms with Crippen LogP contribution in [-0.4, -0.2) is 25.7 Å². The second-order valence-electron chi connectivity index (χ2n) is 10.6. The molecule has 0 saturated heterocycles. The van der Waals surface area contributed by atoms with Crippen LogP contribution in [0.3, 0.4) is 0 Å². The van der Waals surface area contributed by atoms with Crippen molar-refractivity contribution in [1.29, 1.82) is 0 Å². The molecule has 3 heteroatoms. The van der Waals surface area contributed by atoms with Gasteiger partial charge in [0.15, 0.2) is 0 Å². The predicted molar refractivity (Wildman–Crippen MR) is 168 cm³/mol. The SMILES string of the molecule is CC(CNCCCNCc1c2ccccc2cc2ccccc12)NCc1c2ccccc2cc2ccccc12. The van der Waals surface area contributed by atoms with E-state index in [1.54, 1.807) is 0 Å². The van der Waals surface area contributed by atoms with Crippen molar-refractivity contribution in [2.45, 2.75) is 32.5 Å². The number of hydrogen-bond acceptors (Lipinski definition) is 3. The van der Waals surface area contributed by atoms with Crippen molar-refractivity contribution >= 4 is 43.1 Å². The smallest absolute Gasteiger partial charge is 0.0220 e. The fourth-order valence-corrected chi connectivity index (χ4v) is 5.82. The summed E-state index contributed by atoms with van der Waals surface area (Å²) in [6, 6.07) is 39.9. The Bertz CT molecular complexity index is 1610. The van der Waals surface area contributed by atoms with Crippen LogP contribution in [0.25, 0.3) is 43.1 Å². The van der Waals surface area contributed by atoms with Gasteiger partial charge in [0.25, 0.3) is 0 Å². The minimum Gasteiger partial charge on any atom is -0.315 e. The molecule has 39 heavy (non-hydrogen) atoms. The Kier molecular flexibility index (Phi) is 7.83. The molecule has 1 atom stereocenters. The summed E-state index contributed by atoms with van der Waals surface area (Å²) in [5.74, 6) is 0. The molecule has 6 aromatic carbocycles. The number of rotatable bonds is 11. The molecule has 1 unspecified atom stereocenters. The van der Waals surface area contributed by atoms with Crippen molar-refractivity contribution in [1.82, 2.24) is 16.0 Å². The molecule has 3 nitrogen and oxygen atoms in total. The monoisotopic (exact) mass is 511 g/mol. The minimum absolute atomic E-state index is 0.387. The van der Waals surface area contributed by atoms with E-state index in [-0.39, 0.29) is 0 Å². The van der Waals surface area contributed by atoms with Gasteiger partial charge >= 0.3 is 0 Å². The van der Waals surface area contributed by atoms with Crippen molar-refractivity contribution < 1.29 is 0 Å². The summed E-state index contributed by atoms with van der Waals surface area (Å²) in [5.41, 5.74) is 2.79. The highest BCUT2D eigenvalue weighted by atomic mass is 15.0. The number of hydrogen-bond donors (Lipinski definition) is 3. The van der Waals surface area contributed by atoms with E-state index in [1.807, 2.05) is 0 Å². The number of benzene rings is 6. The molecule has 6 rings (SSSR count). The van der Waals surface area contributed by atoms with Crippen molar-refractivity contribution in [3.05, 3.63) is 120 Å². The molecule has 0 radical (unpaired) electrons. The van der Waals surface area contributed by atoms with Gasteiger partial charge in [-0.2, -0.15) is 0 Å². The van der Waals surface area contributed by atoms with Crippen molar-refractivity contribution in [3.63, 3.8) is 0 Å². The van der Waals surface area contributed by atoms with Crippen LogP contribution >= 0.6 is 0 Å². The standard InChI is InChI=1S/C36H37N3/c1-26(39-25-36-33-17-8-4-13-29(33)22-30-14-5-9-18-34(30)36)23-37-19-10-20-38-24-35-31-15-6-2-11-27(31)21-28-12-3-7-16-32(28)35/h2-9,11-18,21-22,26,37-39H,10,19-20,23-25H2,1H3. The second kappa shape index (κ2) is 12.0. The molecule has 0 fully saturated rings. The lowest BCUT2D eigenvalue weighted by molar-refractivity contribution is 0.494. The van der Waals surface area contributed by atoms with Crippen LogP contribution in [0.2, 0.25) is 0 Å². The first kappa shape index (κ1) is 25.5. The maximum atomic E-state index is 3.76. The predicted octanol–water partition coefficient (Wildman–Crippen LogP) is 7.55. The van der Waals surface area contributed by atoms with E-state index in [0.29, 0.717) is 6.04 Å². The lowest BCUT2D eigenvalue weighted by atomic mass is 9.96. The molecule has 0 aliphatic carbocycles. The molecular weight excluding hydrogens is 474 g/mol. The molecule has 0 bridgehead atoms. The summed E-state index contributed by atoms with van der Waals surface area (Å²) >= 11 is 0. The molecule has 196 valence electrons. The normalized spacial score (nSPS) is 12.5. The summed E-state index contributed by atoms with van der Waals surface area (Å²) in [6.45, 7) is 6.98. The van der Waals surface area contributed by atoms with E-state index in [1.165, 1.54) is 54.2 Å². The Hall–Kier alpha value is -3.76. The lowest BCUT2D eigenvalue weighted by Gasteiger charge is -2.18. The molecule has 0 amide bonds. The Morgan fingerprint density at radius 2 is 0.923 bits per heavy atom. The fourth-order valence-electron chi connectivity index (χ4n) is 5.82. The summed E-state index contributed by atoms with van der Waals surface area (Å²) in [7, 11) is 0. The van der Waals surface area contributed by atoms with E-state index in [9.17, 15) is 0 Å². The van der Waals surface area contributed by atoms with Crippen molar-refractivity contribution in [3.8, 4) is 0 Å². The van der Waals surface area contributed by atoms with Gasteiger partial charge in [-0.3, -0.25) is 0 Å². The quantitative estimate of drug-likeness (QED) is 0.124. The molecule has 3 N–H and O–H groups in total. The van der Waals surface area contributed by atoms with E-state index in [0.717, 1.165) is 39.1 Å². The third-order valence-corrected chi connectivity index (χ3v) is 7.85. The maximum absolute atomic E-state index is 3.76. The Labute approximate surface area is 231 Å². The Balaban J connectivity index is 0.989. The Morgan fingerprint density at radius 3 is 1.41 bits per heavy atom. The van der Waals surface area contributed by atoms with Crippen LogP contribution in [0.1, 0.15) is 24.5 Å². The molecule has 0 aliphatic heterocycles. The van der Waals surface area contributed by atoms with Gasteiger partial charge in [-0.1, -0.05) is 97.1 Å². The van der Waals surface area contributed by atoms with Crippen molar-refractivity contribution in [2.24, 2.45) is 0 Å². The third kappa shape index (κ3) is 5.67. The minimum atomic E-state index is 0.387. The average molecular weight is 512 g/mol. The summed E-state index contributed by atoms with van der Waals surface area (Å²) < 4.78 is 0. The second-order valence-corrected chi connectivity index (χ2v) is 10.6. The highest BCUT2D eigenvalue weighted by molar-refractivity contribution is 6.03. The molecule has 0 saturated carbocycles. The van der Waals surface area contributed by atoms with E-state index in [2.05, 4.69) is 132 Å². The average Bonchev–Trinajstić information content (AvgIpc) is 2.98. The molecule has 0 aromatic heterocycles. The van der Waals surface area contributed by atoms with Crippen LogP contribution in [0.4, 0.5) is 0 Å². The van der Waals surface area contributed by atoms with Gasteiger partial charge in [-0.05, 0) is 92.8 Å². The van der Waals surface area contributed by atoms with Gasteiger partial charge in [-0.15, -0.1) is 0 Å². The first-order valence-corrected chi connectivity index (χ1v) is 14.2. The number of fused-ring (bicyclic) bond motifs is 4. The van der Waals surface area contributed by atoms with E-state index in [4.69, 9.17) is 0 Å². The summed E-state index contributed by atoms with van der Waals surface area (Å²) in [4.78, 5) is 0. The lowest BCUT2D eigenvalue weighted by Crippen LogP contribution is -2.36. The highest BCUT2D eigenvalue weighted by Crippen LogP contribution is 2.29. The largest absolute Gasteiger partial charge is 0.315 e. The van der Waals surface area contributed by atoms with E-state index >= 15 is 0 Å². The van der Waals surface area contributed by atoms with Gasteiger partial charge in [0.2, 0.25) is 0 Å². The van der Waals surface area contributed by atoms with Gasteiger partial charge in [0.05, 0.1) is 0 Å². The molecule has 0 aliphatic rings. The highest BCUT2D eigenvalue weighted by Gasteiger charge is 2.10. The van der Waals surface area contributed by atoms with E-state index < -0.39 is 0 Å². The van der Waals surface area contributed by atoms with Gasteiger partial charge < -0.3 is 16.0 Å². The Morgan fingerprint density at radius 1 is 0.513 bits per heavy atom. The van der Waals surface area contributed by atoms with Crippen molar-refractivity contribution in [2.75, 3.05) is 19.6 Å². The summed E-state index contributed by atoms with van der Waals surface area (Å²) in [5, 5.41) is 21.7. The third-order valence-electron chi connectivity index (χ3n) is 7.85. The van der Waals surface area contributed by atoms with Crippen LogP contribution in [0.15, 0.2) is 109 Å². The van der Waals surface area contributed by atoms with Crippen LogP contribution in [0.5, 0.6) is 0 Å². The van der Waals surface area contributed by atoms with Gasteiger partial charge in [0, 0.05) is 25.7 Å². The first-order valence-electron chi connectivity index (χ1n) is 14.2. The first-order chi connectivity index (χ1) is 19.3. The molecule has 0 heterocycles. The maximum Gasteiger partial charge on any atom is 0.0220 e. The van der Waals surface area contributed by atoms with Gasteiger partial charge in [0.1, 0.15) is 0 Å². The fraction of sp³-hybridized carbons (Fsp3) is 0.222. The summed E-state index contributed by atoms with van der Waals surface area (Å²) in [6.07, 6.45) is 1.10. The zero-order chi connectivity index (χ0) is 26.4. The van der Waals surface area contributed by atoms with Gasteiger partial charge in [-0.25, -0.2) is 0 Å². The molecule has 0 spiro atoms. The topological polar surface area (TPSA) is 36.1 Å². The van der Waals surface area contributed by atoms with Crippen LogP contribution in [-0.2, 0) is 13.1 Å². The molecular formula is C36H37N3. The number of nitrogens with one attached hydrogen (secondary N) is 3.